The quantitative estimate of drug-likeness (QED) is 0.560. The molecule has 1 saturated heterocycles. The second-order valence-electron chi connectivity index (χ2n) is 8.32. The average Bonchev–Trinajstić information content (AvgIpc) is 3.05. The van der Waals surface area contributed by atoms with Crippen molar-refractivity contribution in [2.24, 2.45) is 4.99 Å². The van der Waals surface area contributed by atoms with Crippen molar-refractivity contribution in [3.8, 4) is 0 Å². The summed E-state index contributed by atoms with van der Waals surface area (Å²) < 4.78 is 0. The molecule has 1 heterocycles. The fourth-order valence-electron chi connectivity index (χ4n) is 3.94. The van der Waals surface area contributed by atoms with Crippen LogP contribution in [0.1, 0.15) is 30.0 Å². The summed E-state index contributed by atoms with van der Waals surface area (Å²) in [5, 5.41) is 7.07. The molecule has 0 spiro atoms. The first-order valence-electron chi connectivity index (χ1n) is 10.5. The minimum atomic E-state index is 0.419. The Bertz CT molecular complexity index is 770. The van der Waals surface area contributed by atoms with Crippen molar-refractivity contribution in [2.75, 3.05) is 27.7 Å². The smallest absolute Gasteiger partial charge is 0.191 e. The van der Waals surface area contributed by atoms with E-state index >= 15 is 0 Å². The molecule has 2 atom stereocenters. The molecule has 5 heteroatoms. The molecule has 0 saturated carbocycles. The van der Waals surface area contributed by atoms with Crippen molar-refractivity contribution in [1.82, 2.24) is 20.4 Å². The zero-order valence-electron chi connectivity index (χ0n) is 18.2. The third kappa shape index (κ3) is 6.58. The van der Waals surface area contributed by atoms with Gasteiger partial charge in [0.15, 0.2) is 5.96 Å². The summed E-state index contributed by atoms with van der Waals surface area (Å²) in [5.74, 6) is 0.876. The Morgan fingerprint density at radius 3 is 2.38 bits per heavy atom. The predicted octanol–water partition coefficient (Wildman–Crippen LogP) is 3.08. The van der Waals surface area contributed by atoms with E-state index in [4.69, 9.17) is 0 Å². The van der Waals surface area contributed by atoms with Crippen molar-refractivity contribution in [3.05, 3.63) is 71.3 Å². The number of nitrogens with zero attached hydrogens (tertiary/aromatic N) is 3. The van der Waals surface area contributed by atoms with Gasteiger partial charge >= 0.3 is 0 Å². The SMILES string of the molecule is CN=C(NCc1ccc(CN(C)C)cc1)NC1CC(C)N(Cc2ccccc2)C1. The molecule has 0 amide bonds. The molecule has 3 rings (SSSR count). The Balaban J connectivity index is 1.47. The van der Waals surface area contributed by atoms with Gasteiger partial charge in [-0.15, -0.1) is 0 Å². The topological polar surface area (TPSA) is 42.9 Å². The first-order chi connectivity index (χ1) is 14.0. The molecule has 0 radical (unpaired) electrons. The number of aliphatic imine (C=N–C) groups is 1. The van der Waals surface area contributed by atoms with Crippen LogP contribution in [-0.4, -0.2) is 55.5 Å². The number of hydrogen-bond donors (Lipinski definition) is 2. The molecule has 1 aliphatic rings. The summed E-state index contributed by atoms with van der Waals surface area (Å²) in [6.45, 7) is 6.10. The van der Waals surface area contributed by atoms with Crippen LogP contribution in [0.3, 0.4) is 0 Å². The molecule has 1 aliphatic heterocycles. The van der Waals surface area contributed by atoms with Gasteiger partial charge in [-0.25, -0.2) is 0 Å². The molecule has 0 aromatic heterocycles. The second-order valence-corrected chi connectivity index (χ2v) is 8.32. The van der Waals surface area contributed by atoms with Crippen molar-refractivity contribution >= 4 is 5.96 Å². The number of hydrogen-bond acceptors (Lipinski definition) is 3. The highest BCUT2D eigenvalue weighted by atomic mass is 15.3. The van der Waals surface area contributed by atoms with Gasteiger partial charge < -0.3 is 15.5 Å². The number of nitrogens with one attached hydrogen (secondary N) is 2. The molecular weight excluding hydrogens is 358 g/mol. The van der Waals surface area contributed by atoms with Gasteiger partial charge in [0.25, 0.3) is 0 Å². The van der Waals surface area contributed by atoms with Crippen LogP contribution < -0.4 is 10.6 Å². The molecule has 0 aliphatic carbocycles. The largest absolute Gasteiger partial charge is 0.352 e. The monoisotopic (exact) mass is 393 g/mol. The Morgan fingerprint density at radius 2 is 1.72 bits per heavy atom. The van der Waals surface area contributed by atoms with E-state index in [9.17, 15) is 0 Å². The molecule has 1 fully saturated rings. The Kier molecular flexibility index (Phi) is 7.67. The van der Waals surface area contributed by atoms with Crippen LogP contribution in [0.2, 0.25) is 0 Å². The van der Waals surface area contributed by atoms with E-state index in [1.165, 1.54) is 16.7 Å². The van der Waals surface area contributed by atoms with Gasteiger partial charge in [-0.2, -0.15) is 0 Å². The maximum Gasteiger partial charge on any atom is 0.191 e. The van der Waals surface area contributed by atoms with E-state index in [1.807, 2.05) is 7.05 Å². The maximum atomic E-state index is 4.43. The first kappa shape index (κ1) is 21.3. The summed E-state index contributed by atoms with van der Waals surface area (Å²) in [4.78, 5) is 9.16. The zero-order chi connectivity index (χ0) is 20.6. The maximum absolute atomic E-state index is 4.43. The average molecular weight is 394 g/mol. The lowest BCUT2D eigenvalue weighted by atomic mass is 10.1. The van der Waals surface area contributed by atoms with Crippen LogP contribution in [-0.2, 0) is 19.6 Å². The van der Waals surface area contributed by atoms with Crippen molar-refractivity contribution in [3.63, 3.8) is 0 Å². The second kappa shape index (κ2) is 10.4. The lowest BCUT2D eigenvalue weighted by Gasteiger charge is -2.21. The normalized spacial score (nSPS) is 20.2. The van der Waals surface area contributed by atoms with Gasteiger partial charge in [-0.05, 0) is 44.1 Å². The number of rotatable bonds is 7. The predicted molar refractivity (Wildman–Crippen MR) is 122 cm³/mol. The van der Waals surface area contributed by atoms with E-state index < -0.39 is 0 Å². The minimum Gasteiger partial charge on any atom is -0.352 e. The molecular formula is C24H35N5. The minimum absolute atomic E-state index is 0.419. The summed E-state index contributed by atoms with van der Waals surface area (Å²) in [6, 6.07) is 20.5. The van der Waals surface area contributed by atoms with Crippen LogP contribution in [0, 0.1) is 0 Å². The van der Waals surface area contributed by atoms with Crippen LogP contribution in [0.25, 0.3) is 0 Å². The highest BCUT2D eigenvalue weighted by molar-refractivity contribution is 5.80. The van der Waals surface area contributed by atoms with Crippen molar-refractivity contribution in [2.45, 2.75) is 45.1 Å². The molecule has 29 heavy (non-hydrogen) atoms. The van der Waals surface area contributed by atoms with Gasteiger partial charge in [0.1, 0.15) is 0 Å². The lowest BCUT2D eigenvalue weighted by molar-refractivity contribution is 0.258. The van der Waals surface area contributed by atoms with E-state index in [0.717, 1.165) is 38.6 Å². The zero-order valence-corrected chi connectivity index (χ0v) is 18.2. The Hall–Kier alpha value is -2.37. The molecule has 5 nitrogen and oxygen atoms in total. The van der Waals surface area contributed by atoms with Crippen molar-refractivity contribution < 1.29 is 0 Å². The van der Waals surface area contributed by atoms with Crippen LogP contribution in [0.5, 0.6) is 0 Å². The molecule has 2 aromatic rings. The molecule has 2 N–H and O–H groups in total. The van der Waals surface area contributed by atoms with E-state index in [0.29, 0.717) is 12.1 Å². The Labute approximate surface area is 175 Å². The third-order valence-corrected chi connectivity index (χ3v) is 5.48. The van der Waals surface area contributed by atoms with E-state index in [1.54, 1.807) is 0 Å². The summed E-state index contributed by atoms with van der Waals surface area (Å²) >= 11 is 0. The number of guanidine groups is 1. The van der Waals surface area contributed by atoms with Gasteiger partial charge in [-0.1, -0.05) is 54.6 Å². The van der Waals surface area contributed by atoms with E-state index in [2.05, 4.69) is 101 Å². The molecule has 2 unspecified atom stereocenters. The van der Waals surface area contributed by atoms with Crippen LogP contribution in [0.15, 0.2) is 59.6 Å². The summed E-state index contributed by atoms with van der Waals surface area (Å²) in [6.07, 6.45) is 1.13. The highest BCUT2D eigenvalue weighted by Gasteiger charge is 2.29. The number of benzene rings is 2. The summed E-state index contributed by atoms with van der Waals surface area (Å²) in [5.41, 5.74) is 3.97. The fourth-order valence-corrected chi connectivity index (χ4v) is 3.94. The molecule has 156 valence electrons. The van der Waals surface area contributed by atoms with Gasteiger partial charge in [-0.3, -0.25) is 9.89 Å². The fraction of sp³-hybridized carbons (Fsp3) is 0.458. The standard InChI is InChI=1S/C24H35N5/c1-19-14-23(18-29(19)17-21-8-6-5-7-9-21)27-24(25-2)26-15-20-10-12-22(13-11-20)16-28(3)4/h5-13,19,23H,14-18H2,1-4H3,(H2,25,26,27). The molecule has 0 bridgehead atoms. The van der Waals surface area contributed by atoms with Gasteiger partial charge in [0.2, 0.25) is 0 Å². The third-order valence-electron chi connectivity index (χ3n) is 5.48. The van der Waals surface area contributed by atoms with Gasteiger partial charge in [0, 0.05) is 45.3 Å². The Morgan fingerprint density at radius 1 is 1.03 bits per heavy atom. The van der Waals surface area contributed by atoms with E-state index in [-0.39, 0.29) is 0 Å². The summed E-state index contributed by atoms with van der Waals surface area (Å²) in [7, 11) is 6.03. The first-order valence-corrected chi connectivity index (χ1v) is 10.5. The van der Waals surface area contributed by atoms with Crippen molar-refractivity contribution in [1.29, 1.82) is 0 Å². The number of likely N-dealkylation sites (tertiary alicyclic amines) is 1. The van der Waals surface area contributed by atoms with Crippen LogP contribution in [0.4, 0.5) is 0 Å². The highest BCUT2D eigenvalue weighted by Crippen LogP contribution is 2.20. The van der Waals surface area contributed by atoms with Crippen LogP contribution >= 0.6 is 0 Å². The lowest BCUT2D eigenvalue weighted by Crippen LogP contribution is -2.44. The molecule has 2 aromatic carbocycles. The van der Waals surface area contributed by atoms with Gasteiger partial charge in [0.05, 0.1) is 0 Å².